The minimum absolute atomic E-state index is 0.00771. The van der Waals surface area contributed by atoms with E-state index >= 15 is 28.8 Å². The predicted molar refractivity (Wildman–Crippen MR) is 430 cm³/mol. The molecule has 114 heavy (non-hydrogen) atoms. The molecule has 7 rings (SSSR count). The van der Waals surface area contributed by atoms with Crippen molar-refractivity contribution in [1.29, 1.82) is 0 Å². The number of hydroxylamine groups is 12. The summed E-state index contributed by atoms with van der Waals surface area (Å²) >= 11 is 0. The Labute approximate surface area is 685 Å². The van der Waals surface area contributed by atoms with Crippen LogP contribution in [0.2, 0.25) is 0 Å². The zero-order valence-electron chi connectivity index (χ0n) is 75.4. The quantitative estimate of drug-likeness (QED) is 0.0359. The number of aryl methyl sites for hydroxylation is 3. The highest BCUT2D eigenvalue weighted by molar-refractivity contribution is 6.01. The molecular weight excluding hydrogens is 1450 g/mol. The molecule has 6 radical (unpaired) electrons. The van der Waals surface area contributed by atoms with Crippen LogP contribution in [0.1, 0.15) is 377 Å². The maximum Gasteiger partial charge on any atom is 0.323 e. The molecule has 0 spiro atoms. The van der Waals surface area contributed by atoms with Gasteiger partial charge in [-0.2, -0.15) is 0 Å². The third-order valence-corrected chi connectivity index (χ3v) is 26.5. The van der Waals surface area contributed by atoms with Gasteiger partial charge in [0.25, 0.3) is 0 Å². The number of piperidine rings is 6. The normalized spacial score (nSPS) is 24.5. The van der Waals surface area contributed by atoms with Crippen LogP contribution >= 0.6 is 0 Å². The highest BCUT2D eigenvalue weighted by Crippen LogP contribution is 2.50. The van der Waals surface area contributed by atoms with Crippen LogP contribution in [-0.4, -0.2) is 169 Å². The van der Waals surface area contributed by atoms with Crippen LogP contribution in [0.4, 0.5) is 0 Å². The van der Waals surface area contributed by atoms with Crippen LogP contribution in [0.15, 0.2) is 18.2 Å². The molecule has 6 saturated heterocycles. The number of hydrogen-bond acceptors (Lipinski definition) is 18. The molecule has 0 aliphatic carbocycles. The standard InChI is InChI=1S/C90H150N6O18/c1-28-31-40-88(70(97)109-64-49-76(4,5)91(103)77(6,7)50-64,71(98)110-65-51-78(8,9)92(104)79(10,11)52-65)43-34-37-61-46-62(38-35-44-89(41-32-29-2,72(99)111-66-53-80(12,13)93(105)81(14,15)54-66)73(100)112-67-55-82(16,17)94(106)83(18,19)56-67)48-63(47-61)39-36-45-90(42-33-30-3,74(101)113-68-57-84(20,21)95(107)85(22,23)58-68)75(102)114-69-59-86(24,25)96(108)87(26,27)60-69/h46-48,64-69H,28-45,49-60H2,1-27H3. The summed E-state index contributed by atoms with van der Waals surface area (Å²) in [4.78, 5) is 94.0. The second-order valence-electron chi connectivity index (χ2n) is 43.4. The number of unbranched alkanes of at least 4 members (excludes halogenated alkanes) is 3. The lowest BCUT2D eigenvalue weighted by Crippen LogP contribution is -2.61. The van der Waals surface area contributed by atoms with Crippen molar-refractivity contribution in [3.05, 3.63) is 34.9 Å². The van der Waals surface area contributed by atoms with Gasteiger partial charge < -0.3 is 28.4 Å². The fourth-order valence-electron chi connectivity index (χ4n) is 21.5. The van der Waals surface area contributed by atoms with Gasteiger partial charge in [-0.25, -0.2) is 0 Å². The summed E-state index contributed by atoms with van der Waals surface area (Å²) in [5, 5.41) is 88.7. The SMILES string of the molecule is CCCCC(CCCc1cc(CCCC(CCCC)(C(=O)OC2CC(C)(C)N([O])C(C)(C)C2)C(=O)OC2CC(C)(C)N([O])C(C)(C)C2)cc(CCCC(CCCC)(C(=O)OC2CC(C)(C)N([O])C(C)(C)C2)C(=O)OC2CC(C)(C)N([O])C(C)(C)C2)c1)(C(=O)OC1CC(C)(C)N([O])C(C)(C)C1)C(=O)OC1CC(C)(C)N([O])C(C)(C)C1. The van der Waals surface area contributed by atoms with Crippen molar-refractivity contribution in [2.24, 2.45) is 16.2 Å². The molecule has 1 aromatic carbocycles. The van der Waals surface area contributed by atoms with Crippen LogP contribution in [0, 0.1) is 16.2 Å². The zero-order chi connectivity index (χ0) is 86.2. The van der Waals surface area contributed by atoms with E-state index in [2.05, 4.69) is 18.2 Å². The molecule has 0 unspecified atom stereocenters. The van der Waals surface area contributed by atoms with Crippen LogP contribution in [-0.2, 0) is 108 Å². The molecule has 24 nitrogen and oxygen atoms in total. The number of nitrogens with zero attached hydrogens (tertiary/aromatic N) is 6. The van der Waals surface area contributed by atoms with Gasteiger partial charge in [0.05, 0.1) is 0 Å². The number of rotatable bonds is 33. The topological polar surface area (TPSA) is 297 Å². The first-order valence-electron chi connectivity index (χ1n) is 43.3. The summed E-state index contributed by atoms with van der Waals surface area (Å²) in [6, 6.07) is 6.19. The molecule has 0 aromatic heterocycles. The van der Waals surface area contributed by atoms with Gasteiger partial charge in [-0.05, 0) is 260 Å². The summed E-state index contributed by atoms with van der Waals surface area (Å²) in [6.45, 7) is 49.7. The molecule has 0 atom stereocenters. The van der Waals surface area contributed by atoms with Crippen molar-refractivity contribution in [1.82, 2.24) is 30.4 Å². The summed E-state index contributed by atoms with van der Waals surface area (Å²) in [7, 11) is 0. The first-order chi connectivity index (χ1) is 52.1. The molecule has 0 saturated carbocycles. The largest absolute Gasteiger partial charge is 0.461 e. The Hall–Kier alpha value is -4.44. The monoisotopic (exact) mass is 1600 g/mol. The lowest BCUT2D eigenvalue weighted by Gasteiger charge is -2.50. The van der Waals surface area contributed by atoms with Crippen molar-refractivity contribution < 1.29 is 88.4 Å². The van der Waals surface area contributed by atoms with Crippen molar-refractivity contribution in [3.63, 3.8) is 0 Å². The van der Waals surface area contributed by atoms with Crippen LogP contribution in [0.5, 0.6) is 0 Å². The summed E-state index contributed by atoms with van der Waals surface area (Å²) in [5.41, 5.74) is -13.9. The number of esters is 6. The molecule has 0 amide bonds. The average molecular weight is 1600 g/mol. The van der Waals surface area contributed by atoms with E-state index in [-0.39, 0.29) is 135 Å². The summed E-state index contributed by atoms with van der Waals surface area (Å²) < 4.78 is 39.5. The van der Waals surface area contributed by atoms with Gasteiger partial charge >= 0.3 is 35.8 Å². The number of ether oxygens (including phenoxy) is 6. The number of hydrogen-bond donors (Lipinski definition) is 0. The Kier molecular flexibility index (Phi) is 30.3. The van der Waals surface area contributed by atoms with E-state index in [9.17, 15) is 31.2 Å². The third-order valence-electron chi connectivity index (χ3n) is 26.5. The number of carbonyl (C=O) groups is 6. The minimum atomic E-state index is -1.82. The van der Waals surface area contributed by atoms with Crippen LogP contribution < -0.4 is 0 Å². The molecule has 0 N–H and O–H groups in total. The molecule has 6 aliphatic rings. The van der Waals surface area contributed by atoms with Crippen molar-refractivity contribution >= 4 is 35.8 Å². The maximum atomic E-state index is 15.7. The van der Waals surface area contributed by atoms with E-state index in [0.717, 1.165) is 47.1 Å². The molecule has 6 fully saturated rings. The summed E-state index contributed by atoms with van der Waals surface area (Å²) in [5.74, 6) is -4.35. The Morgan fingerprint density at radius 3 is 0.500 bits per heavy atom. The van der Waals surface area contributed by atoms with E-state index in [1.807, 2.05) is 187 Å². The lowest BCUT2D eigenvalue weighted by molar-refractivity contribution is -0.301. The van der Waals surface area contributed by atoms with Crippen LogP contribution in [0.25, 0.3) is 0 Å². The van der Waals surface area contributed by atoms with Gasteiger partial charge in [0.1, 0.15) is 36.6 Å². The predicted octanol–water partition coefficient (Wildman–Crippen LogP) is 17.6. The number of benzene rings is 1. The van der Waals surface area contributed by atoms with Gasteiger partial charge in [0.15, 0.2) is 16.2 Å². The van der Waals surface area contributed by atoms with Crippen LogP contribution in [0.3, 0.4) is 0 Å². The molecule has 6 aliphatic heterocycles. The van der Waals surface area contributed by atoms with Crippen molar-refractivity contribution in [2.45, 2.75) is 483 Å². The van der Waals surface area contributed by atoms with E-state index in [0.29, 0.717) is 57.8 Å². The van der Waals surface area contributed by atoms with E-state index < -0.39 is 155 Å². The third kappa shape index (κ3) is 22.0. The smallest absolute Gasteiger partial charge is 0.323 e. The van der Waals surface area contributed by atoms with E-state index in [1.54, 1.807) is 0 Å². The second kappa shape index (κ2) is 35.7. The lowest BCUT2D eigenvalue weighted by atomic mass is 9.75. The number of carbonyl (C=O) groups excluding carboxylic acids is 6. The molecular formula is C90H150N6O18. The van der Waals surface area contributed by atoms with Gasteiger partial charge in [0.2, 0.25) is 0 Å². The van der Waals surface area contributed by atoms with Crippen molar-refractivity contribution in [2.75, 3.05) is 0 Å². The Morgan fingerprint density at radius 2 is 0.377 bits per heavy atom. The average Bonchev–Trinajstić information content (AvgIpc) is 0.760. The minimum Gasteiger partial charge on any atom is -0.461 e. The highest BCUT2D eigenvalue weighted by Gasteiger charge is 2.60. The fraction of sp³-hybridized carbons (Fsp3) is 0.867. The van der Waals surface area contributed by atoms with Gasteiger partial charge in [-0.15, -0.1) is 61.6 Å². The van der Waals surface area contributed by atoms with E-state index in [1.165, 1.54) is 0 Å². The zero-order valence-corrected chi connectivity index (χ0v) is 75.4. The molecule has 1 aromatic rings. The molecule has 0 bridgehead atoms. The van der Waals surface area contributed by atoms with Crippen molar-refractivity contribution in [3.8, 4) is 0 Å². The Morgan fingerprint density at radius 1 is 0.254 bits per heavy atom. The van der Waals surface area contributed by atoms with E-state index in [4.69, 9.17) is 28.4 Å². The molecule has 6 heterocycles. The molecule has 648 valence electrons. The Bertz CT molecular complexity index is 2840. The fourth-order valence-corrected chi connectivity index (χ4v) is 21.5. The summed E-state index contributed by atoms with van der Waals surface area (Å²) in [6.07, 6.45) is 3.83. The highest BCUT2D eigenvalue weighted by atomic mass is 16.6. The maximum absolute atomic E-state index is 15.7. The molecule has 24 heteroatoms. The Balaban J connectivity index is 1.34. The van der Waals surface area contributed by atoms with Gasteiger partial charge in [-0.3, -0.25) is 28.8 Å². The second-order valence-corrected chi connectivity index (χ2v) is 43.4. The first-order valence-corrected chi connectivity index (χ1v) is 43.3. The first kappa shape index (κ1) is 96.7. The van der Waals surface area contributed by atoms with Gasteiger partial charge in [-0.1, -0.05) is 77.5 Å². The van der Waals surface area contributed by atoms with Gasteiger partial charge in [0, 0.05) is 144 Å².